The summed E-state index contributed by atoms with van der Waals surface area (Å²) in [6.07, 6.45) is 1.52. The Kier molecular flexibility index (Phi) is 4.76. The minimum absolute atomic E-state index is 0.0658. The van der Waals surface area contributed by atoms with Crippen molar-refractivity contribution < 1.29 is 14.3 Å². The maximum atomic E-state index is 12.5. The molecule has 0 radical (unpaired) electrons. The highest BCUT2D eigenvalue weighted by atomic mass is 32.2. The Labute approximate surface area is 147 Å². The molecular weight excluding hydrogens is 324 g/mol. The summed E-state index contributed by atoms with van der Waals surface area (Å²) in [5.41, 5.74) is 1.01. The fraction of sp³-hybridized carbons (Fsp3) is 0.556. The van der Waals surface area contributed by atoms with Crippen molar-refractivity contribution >= 4 is 23.6 Å². The van der Waals surface area contributed by atoms with Crippen molar-refractivity contribution in [2.24, 2.45) is 0 Å². The third-order valence-corrected chi connectivity index (χ3v) is 6.01. The van der Waals surface area contributed by atoms with Crippen LogP contribution < -0.4 is 10.1 Å². The van der Waals surface area contributed by atoms with Gasteiger partial charge in [0, 0.05) is 18.7 Å². The highest BCUT2D eigenvalue weighted by molar-refractivity contribution is 8.01. The lowest BCUT2D eigenvalue weighted by molar-refractivity contribution is -0.138. The van der Waals surface area contributed by atoms with Gasteiger partial charge in [0.25, 0.3) is 0 Å². The molecule has 2 aliphatic rings. The minimum Gasteiger partial charge on any atom is -0.491 e. The first-order valence-electron chi connectivity index (χ1n) is 8.38. The zero-order valence-corrected chi connectivity index (χ0v) is 15.2. The van der Waals surface area contributed by atoms with E-state index in [1.807, 2.05) is 38.1 Å². The normalized spacial score (nSPS) is 25.9. The van der Waals surface area contributed by atoms with Crippen LogP contribution in [0.1, 0.15) is 39.2 Å². The molecular formula is C18H24N2O3S. The van der Waals surface area contributed by atoms with Gasteiger partial charge in [0.2, 0.25) is 11.8 Å². The summed E-state index contributed by atoms with van der Waals surface area (Å²) < 4.78 is 5.61. The van der Waals surface area contributed by atoms with Crippen LogP contribution in [0, 0.1) is 0 Å². The molecule has 24 heavy (non-hydrogen) atoms. The zero-order chi connectivity index (χ0) is 17.3. The first-order valence-corrected chi connectivity index (χ1v) is 9.37. The first kappa shape index (κ1) is 17.1. The number of carbonyl (C=O) groups excluding carboxylic acids is 2. The summed E-state index contributed by atoms with van der Waals surface area (Å²) in [4.78, 5) is 26.2. The lowest BCUT2D eigenvalue weighted by Gasteiger charge is -2.29. The fourth-order valence-corrected chi connectivity index (χ4v) is 4.71. The Morgan fingerprint density at radius 3 is 2.79 bits per heavy atom. The average Bonchev–Trinajstić information content (AvgIpc) is 3.02. The molecule has 3 rings (SSSR count). The standard InChI is InChI=1S/C18H24N2O3S/c1-12(2)23-14-6-4-13(5-7-14)10-19-17(22)15-11-24-18(3)9-8-16(21)20(15)18/h4-7,12,15H,8-11H2,1-3H3,(H,19,22). The zero-order valence-electron chi connectivity index (χ0n) is 14.4. The summed E-state index contributed by atoms with van der Waals surface area (Å²) in [7, 11) is 0. The van der Waals surface area contributed by atoms with Gasteiger partial charge in [-0.25, -0.2) is 0 Å². The molecule has 0 spiro atoms. The molecule has 5 nitrogen and oxygen atoms in total. The number of hydrogen-bond acceptors (Lipinski definition) is 4. The third kappa shape index (κ3) is 3.38. The SMILES string of the molecule is CC(C)Oc1ccc(CNC(=O)C2CSC3(C)CCC(=O)N23)cc1. The lowest BCUT2D eigenvalue weighted by atomic mass is 10.2. The molecule has 2 amide bonds. The molecule has 130 valence electrons. The molecule has 2 heterocycles. The predicted octanol–water partition coefficient (Wildman–Crippen LogP) is 2.54. The van der Waals surface area contributed by atoms with Crippen LogP contribution in [-0.4, -0.2) is 39.5 Å². The Balaban J connectivity index is 1.57. The quantitative estimate of drug-likeness (QED) is 0.888. The van der Waals surface area contributed by atoms with Gasteiger partial charge in [-0.2, -0.15) is 0 Å². The van der Waals surface area contributed by atoms with Crippen LogP contribution in [0.15, 0.2) is 24.3 Å². The molecule has 0 aliphatic carbocycles. The second-order valence-electron chi connectivity index (χ2n) is 6.79. The van der Waals surface area contributed by atoms with Crippen molar-refractivity contribution in [3.8, 4) is 5.75 Å². The first-order chi connectivity index (χ1) is 11.4. The van der Waals surface area contributed by atoms with Crippen molar-refractivity contribution in [3.05, 3.63) is 29.8 Å². The number of amides is 2. The van der Waals surface area contributed by atoms with E-state index in [9.17, 15) is 9.59 Å². The van der Waals surface area contributed by atoms with Crippen molar-refractivity contribution in [3.63, 3.8) is 0 Å². The number of ether oxygens (including phenoxy) is 1. The largest absolute Gasteiger partial charge is 0.491 e. The predicted molar refractivity (Wildman–Crippen MR) is 94.8 cm³/mol. The number of nitrogens with one attached hydrogen (secondary N) is 1. The van der Waals surface area contributed by atoms with E-state index in [4.69, 9.17) is 4.74 Å². The van der Waals surface area contributed by atoms with E-state index in [-0.39, 0.29) is 28.8 Å². The molecule has 1 N–H and O–H groups in total. The Morgan fingerprint density at radius 2 is 2.12 bits per heavy atom. The molecule has 2 saturated heterocycles. The van der Waals surface area contributed by atoms with Crippen molar-refractivity contribution in [1.82, 2.24) is 10.2 Å². The van der Waals surface area contributed by atoms with Gasteiger partial charge in [0.15, 0.2) is 0 Å². The molecule has 2 unspecified atom stereocenters. The van der Waals surface area contributed by atoms with E-state index < -0.39 is 0 Å². The van der Waals surface area contributed by atoms with E-state index in [1.54, 1.807) is 16.7 Å². The number of fused-ring (bicyclic) bond motifs is 1. The number of benzene rings is 1. The van der Waals surface area contributed by atoms with E-state index in [2.05, 4.69) is 12.2 Å². The van der Waals surface area contributed by atoms with Crippen LogP contribution in [0.5, 0.6) is 5.75 Å². The van der Waals surface area contributed by atoms with Gasteiger partial charge in [-0.3, -0.25) is 9.59 Å². The maximum Gasteiger partial charge on any atom is 0.243 e. The number of hydrogen-bond donors (Lipinski definition) is 1. The van der Waals surface area contributed by atoms with Crippen LogP contribution in [0.3, 0.4) is 0 Å². The molecule has 0 bridgehead atoms. The van der Waals surface area contributed by atoms with E-state index in [0.717, 1.165) is 17.7 Å². The Hall–Kier alpha value is -1.69. The van der Waals surface area contributed by atoms with Crippen molar-refractivity contribution in [1.29, 1.82) is 0 Å². The third-order valence-electron chi connectivity index (χ3n) is 4.51. The van der Waals surface area contributed by atoms with Gasteiger partial charge in [0.1, 0.15) is 11.8 Å². The molecule has 1 aromatic carbocycles. The van der Waals surface area contributed by atoms with Gasteiger partial charge in [-0.15, -0.1) is 11.8 Å². The highest BCUT2D eigenvalue weighted by Gasteiger charge is 2.52. The summed E-state index contributed by atoms with van der Waals surface area (Å²) in [6, 6.07) is 7.37. The molecule has 2 aliphatic heterocycles. The smallest absolute Gasteiger partial charge is 0.243 e. The summed E-state index contributed by atoms with van der Waals surface area (Å²) in [5.74, 6) is 1.53. The lowest BCUT2D eigenvalue weighted by Crippen LogP contribution is -2.49. The van der Waals surface area contributed by atoms with Crippen molar-refractivity contribution in [2.75, 3.05) is 5.75 Å². The number of nitrogens with zero attached hydrogens (tertiary/aromatic N) is 1. The van der Waals surface area contributed by atoms with Gasteiger partial charge < -0.3 is 15.0 Å². The average molecular weight is 348 g/mol. The number of rotatable bonds is 5. The number of carbonyl (C=O) groups is 2. The van der Waals surface area contributed by atoms with Gasteiger partial charge in [0.05, 0.1) is 11.0 Å². The topological polar surface area (TPSA) is 58.6 Å². The van der Waals surface area contributed by atoms with Crippen LogP contribution in [-0.2, 0) is 16.1 Å². The van der Waals surface area contributed by atoms with Gasteiger partial charge in [-0.05, 0) is 44.9 Å². The maximum absolute atomic E-state index is 12.5. The Morgan fingerprint density at radius 1 is 1.42 bits per heavy atom. The van der Waals surface area contributed by atoms with E-state index >= 15 is 0 Å². The number of thioether (sulfide) groups is 1. The molecule has 6 heteroatoms. The van der Waals surface area contributed by atoms with E-state index in [0.29, 0.717) is 18.7 Å². The second-order valence-corrected chi connectivity index (χ2v) is 8.30. The summed E-state index contributed by atoms with van der Waals surface area (Å²) in [5, 5.41) is 2.96. The fourth-order valence-electron chi connectivity index (χ4n) is 3.28. The molecule has 2 atom stereocenters. The van der Waals surface area contributed by atoms with Crippen LogP contribution in [0.25, 0.3) is 0 Å². The monoisotopic (exact) mass is 348 g/mol. The molecule has 0 aromatic heterocycles. The second kappa shape index (κ2) is 6.67. The van der Waals surface area contributed by atoms with E-state index in [1.165, 1.54) is 0 Å². The minimum atomic E-state index is -0.349. The summed E-state index contributed by atoms with van der Waals surface area (Å²) >= 11 is 1.71. The summed E-state index contributed by atoms with van der Waals surface area (Å²) in [6.45, 7) is 6.49. The highest BCUT2D eigenvalue weighted by Crippen LogP contribution is 2.47. The molecule has 0 saturated carbocycles. The molecule has 1 aromatic rings. The van der Waals surface area contributed by atoms with Crippen LogP contribution in [0.4, 0.5) is 0 Å². The molecule has 2 fully saturated rings. The van der Waals surface area contributed by atoms with Crippen molar-refractivity contribution in [2.45, 2.75) is 57.2 Å². The van der Waals surface area contributed by atoms with Crippen LogP contribution in [0.2, 0.25) is 0 Å². The van der Waals surface area contributed by atoms with Gasteiger partial charge >= 0.3 is 0 Å². The Bertz CT molecular complexity index is 632. The van der Waals surface area contributed by atoms with Crippen LogP contribution >= 0.6 is 11.8 Å². The van der Waals surface area contributed by atoms with Gasteiger partial charge in [-0.1, -0.05) is 12.1 Å².